The molecule has 3 N–H and O–H groups in total. The average Bonchev–Trinajstić information content (AvgIpc) is 3.76. The molecule has 2 aromatic carbocycles. The molecule has 0 spiro atoms. The molecule has 0 aliphatic heterocycles. The summed E-state index contributed by atoms with van der Waals surface area (Å²) in [6, 6.07) is 5.02. The van der Waals surface area contributed by atoms with Crippen LogP contribution in [0.25, 0.3) is 0 Å². The number of nitrogens with zero attached hydrogens (tertiary/aromatic N) is 1. The second kappa shape index (κ2) is 9.87. The number of thiazole rings is 1. The Morgan fingerprint density at radius 2 is 1.59 bits per heavy atom. The zero-order chi connectivity index (χ0) is 28.1. The normalized spacial score (nSPS) is 15.9. The standard InChI is InChI=1S/C25H18ClF5N4O3S/c26-16-4-3-12(25(29,30)31)7-17(16)33-20(36)19-18(11-1-2-11)34-23(39-19)35-22(38)24(5-6-24)21(37)32-15-9-13(27)8-14(28)10-15/h3-4,7-11H,1-2,5-6H2,(H,32,37)(H,33,36)(H,34,35,38). The third kappa shape index (κ3) is 5.74. The number of hydrogen-bond donors (Lipinski definition) is 3. The maximum absolute atomic E-state index is 13.5. The monoisotopic (exact) mass is 584 g/mol. The molecule has 0 atom stereocenters. The molecular weight excluding hydrogens is 567 g/mol. The maximum Gasteiger partial charge on any atom is 0.416 e. The minimum absolute atomic E-state index is 0.0260. The van der Waals surface area contributed by atoms with E-state index in [9.17, 15) is 36.3 Å². The highest BCUT2D eigenvalue weighted by Crippen LogP contribution is 2.49. The minimum atomic E-state index is -4.64. The first-order chi connectivity index (χ1) is 18.4. The van der Waals surface area contributed by atoms with Crippen molar-refractivity contribution in [1.29, 1.82) is 0 Å². The molecule has 2 fully saturated rings. The minimum Gasteiger partial charge on any atom is -0.325 e. The SMILES string of the molecule is O=C(Nc1cc(C(F)(F)F)ccc1Cl)c1sc(NC(=O)C2(C(=O)Nc3cc(F)cc(F)c3)CC2)nc1C1CC1. The van der Waals surface area contributed by atoms with Gasteiger partial charge in [0.15, 0.2) is 5.13 Å². The molecule has 7 nitrogen and oxygen atoms in total. The number of anilines is 3. The molecule has 39 heavy (non-hydrogen) atoms. The van der Waals surface area contributed by atoms with Crippen LogP contribution in [0, 0.1) is 17.0 Å². The van der Waals surface area contributed by atoms with Gasteiger partial charge in [-0.3, -0.25) is 14.4 Å². The van der Waals surface area contributed by atoms with E-state index >= 15 is 0 Å². The van der Waals surface area contributed by atoms with Gasteiger partial charge < -0.3 is 16.0 Å². The van der Waals surface area contributed by atoms with Crippen LogP contribution in [0.1, 0.15) is 52.5 Å². The Bertz CT molecular complexity index is 1480. The van der Waals surface area contributed by atoms with Crippen molar-refractivity contribution in [3.63, 3.8) is 0 Å². The van der Waals surface area contributed by atoms with Gasteiger partial charge >= 0.3 is 6.18 Å². The van der Waals surface area contributed by atoms with E-state index < -0.39 is 46.5 Å². The van der Waals surface area contributed by atoms with Crippen LogP contribution in [-0.2, 0) is 15.8 Å². The van der Waals surface area contributed by atoms with E-state index in [1.807, 2.05) is 0 Å². The van der Waals surface area contributed by atoms with Gasteiger partial charge in [0.1, 0.15) is 21.9 Å². The Balaban J connectivity index is 1.33. The Hall–Kier alpha value is -3.58. The Labute approximate surface area is 226 Å². The molecule has 1 heterocycles. The highest BCUT2D eigenvalue weighted by molar-refractivity contribution is 7.17. The maximum atomic E-state index is 13.5. The number of benzene rings is 2. The molecule has 2 aliphatic rings. The average molecular weight is 585 g/mol. The van der Waals surface area contributed by atoms with Gasteiger partial charge in [0.05, 0.1) is 22.0 Å². The number of hydrogen-bond acceptors (Lipinski definition) is 5. The third-order valence-corrected chi connectivity index (χ3v) is 7.64. The summed E-state index contributed by atoms with van der Waals surface area (Å²) in [5.74, 6) is -4.06. The summed E-state index contributed by atoms with van der Waals surface area (Å²) in [4.78, 5) is 43.3. The zero-order valence-electron chi connectivity index (χ0n) is 19.7. The summed E-state index contributed by atoms with van der Waals surface area (Å²) < 4.78 is 66.3. The van der Waals surface area contributed by atoms with Crippen LogP contribution in [0.15, 0.2) is 36.4 Å². The lowest BCUT2D eigenvalue weighted by Gasteiger charge is -2.14. The highest BCUT2D eigenvalue weighted by Gasteiger charge is 2.57. The van der Waals surface area contributed by atoms with E-state index in [2.05, 4.69) is 20.9 Å². The van der Waals surface area contributed by atoms with E-state index in [-0.39, 0.29) is 45.2 Å². The fourth-order valence-corrected chi connectivity index (χ4v) is 5.04. The van der Waals surface area contributed by atoms with Gasteiger partial charge in [0.25, 0.3) is 5.91 Å². The van der Waals surface area contributed by atoms with Gasteiger partial charge in [-0.05, 0) is 56.0 Å². The number of amides is 3. The van der Waals surface area contributed by atoms with Crippen molar-refractivity contribution in [2.75, 3.05) is 16.0 Å². The van der Waals surface area contributed by atoms with Crippen molar-refractivity contribution in [3.8, 4) is 0 Å². The van der Waals surface area contributed by atoms with Crippen molar-refractivity contribution < 1.29 is 36.3 Å². The van der Waals surface area contributed by atoms with Gasteiger partial charge in [-0.2, -0.15) is 13.2 Å². The van der Waals surface area contributed by atoms with Crippen molar-refractivity contribution in [1.82, 2.24) is 4.98 Å². The Morgan fingerprint density at radius 3 is 2.18 bits per heavy atom. The zero-order valence-corrected chi connectivity index (χ0v) is 21.3. The summed E-state index contributed by atoms with van der Waals surface area (Å²) in [5, 5.41) is 7.21. The summed E-state index contributed by atoms with van der Waals surface area (Å²) >= 11 is 6.81. The lowest BCUT2D eigenvalue weighted by atomic mass is 10.1. The quantitative estimate of drug-likeness (QED) is 0.216. The lowest BCUT2D eigenvalue weighted by molar-refractivity contribution is -0.137. The van der Waals surface area contributed by atoms with E-state index in [1.54, 1.807) is 0 Å². The fourth-order valence-electron chi connectivity index (χ4n) is 3.93. The molecule has 0 saturated heterocycles. The topological polar surface area (TPSA) is 100 Å². The summed E-state index contributed by atoms with van der Waals surface area (Å²) in [7, 11) is 0. The molecule has 3 amide bonds. The molecule has 2 aliphatic carbocycles. The van der Waals surface area contributed by atoms with E-state index in [0.29, 0.717) is 11.8 Å². The van der Waals surface area contributed by atoms with Gasteiger partial charge in [-0.25, -0.2) is 13.8 Å². The van der Waals surface area contributed by atoms with Crippen LogP contribution in [-0.4, -0.2) is 22.7 Å². The fraction of sp³-hybridized carbons (Fsp3) is 0.280. The second-order valence-electron chi connectivity index (χ2n) is 9.30. The Kier molecular flexibility index (Phi) is 6.83. The van der Waals surface area contributed by atoms with E-state index in [1.165, 1.54) is 0 Å². The van der Waals surface area contributed by atoms with Crippen molar-refractivity contribution in [2.45, 2.75) is 37.8 Å². The molecule has 14 heteroatoms. The number of aromatic nitrogens is 1. The van der Waals surface area contributed by atoms with Crippen LogP contribution in [0.3, 0.4) is 0 Å². The first-order valence-electron chi connectivity index (χ1n) is 11.6. The van der Waals surface area contributed by atoms with Crippen molar-refractivity contribution in [2.24, 2.45) is 5.41 Å². The number of carbonyl (C=O) groups excluding carboxylic acids is 3. The summed E-state index contributed by atoms with van der Waals surface area (Å²) in [6.45, 7) is 0. The number of alkyl halides is 3. The van der Waals surface area contributed by atoms with Crippen LogP contribution < -0.4 is 16.0 Å². The third-order valence-electron chi connectivity index (χ3n) is 6.33. The lowest BCUT2D eigenvalue weighted by Crippen LogP contribution is -2.35. The van der Waals surface area contributed by atoms with Gasteiger partial charge in [0.2, 0.25) is 11.8 Å². The molecule has 2 saturated carbocycles. The molecular formula is C25H18ClF5N4O3S. The largest absolute Gasteiger partial charge is 0.416 e. The second-order valence-corrected chi connectivity index (χ2v) is 10.7. The predicted octanol–water partition coefficient (Wildman–Crippen LogP) is 6.58. The first-order valence-corrected chi connectivity index (χ1v) is 12.8. The Morgan fingerprint density at radius 1 is 0.949 bits per heavy atom. The molecule has 3 aromatic rings. The number of rotatable bonds is 7. The van der Waals surface area contributed by atoms with E-state index in [4.69, 9.17) is 11.6 Å². The molecule has 204 valence electrons. The van der Waals surface area contributed by atoms with Gasteiger partial charge in [0, 0.05) is 17.7 Å². The van der Waals surface area contributed by atoms with Gasteiger partial charge in [-0.15, -0.1) is 0 Å². The summed E-state index contributed by atoms with van der Waals surface area (Å²) in [5.41, 5.74) is -2.48. The number of halogens is 6. The van der Waals surface area contributed by atoms with Crippen LogP contribution in [0.5, 0.6) is 0 Å². The first kappa shape index (κ1) is 27.0. The van der Waals surface area contributed by atoms with E-state index in [0.717, 1.165) is 54.5 Å². The van der Waals surface area contributed by atoms with Crippen molar-refractivity contribution in [3.05, 3.63) is 69.2 Å². The molecule has 0 radical (unpaired) electrons. The highest BCUT2D eigenvalue weighted by atomic mass is 35.5. The predicted molar refractivity (Wildman–Crippen MR) is 134 cm³/mol. The van der Waals surface area contributed by atoms with Gasteiger partial charge in [-0.1, -0.05) is 22.9 Å². The van der Waals surface area contributed by atoms with Crippen LogP contribution >= 0.6 is 22.9 Å². The molecule has 0 bridgehead atoms. The van der Waals surface area contributed by atoms with Crippen LogP contribution in [0.2, 0.25) is 5.02 Å². The smallest absolute Gasteiger partial charge is 0.325 e. The molecule has 1 aromatic heterocycles. The van der Waals surface area contributed by atoms with Crippen molar-refractivity contribution >= 4 is 57.2 Å². The summed E-state index contributed by atoms with van der Waals surface area (Å²) in [6.07, 6.45) is -2.80. The number of nitrogens with one attached hydrogen (secondary N) is 3. The van der Waals surface area contributed by atoms with Crippen LogP contribution in [0.4, 0.5) is 38.5 Å². The molecule has 5 rings (SSSR count). The number of carbonyl (C=O) groups is 3. The molecule has 0 unspecified atom stereocenters.